The van der Waals surface area contributed by atoms with Crippen LogP contribution in [0.4, 0.5) is 0 Å². The number of hydrogen-bond acceptors (Lipinski definition) is 2. The number of nitrogens with zero attached hydrogens (tertiary/aromatic N) is 1. The van der Waals surface area contributed by atoms with Crippen molar-refractivity contribution in [2.45, 2.75) is 0 Å². The predicted molar refractivity (Wildman–Crippen MR) is 54.5 cm³/mol. The van der Waals surface area contributed by atoms with Crippen molar-refractivity contribution in [2.75, 3.05) is 0 Å². The number of hydrogen-bond donors (Lipinski definition) is 0. The molecular weight excluding hydrogens is 174 g/mol. The molecule has 2 rings (SSSR count). The summed E-state index contributed by atoms with van der Waals surface area (Å²) >= 11 is 0. The summed E-state index contributed by atoms with van der Waals surface area (Å²) in [5.41, 5.74) is 2.39. The molecule has 14 heavy (non-hydrogen) atoms. The molecular formula is C12H8NO. The molecule has 0 aliphatic heterocycles. The van der Waals surface area contributed by atoms with Crippen LogP contribution in [0.25, 0.3) is 11.3 Å². The standard InChI is InChI=1S/C12H8NO/c14-9-10-6-7-12(13-8-10)11-4-2-1-3-5-11/h1-8H. The maximum absolute atomic E-state index is 10.3. The van der Waals surface area contributed by atoms with Crippen molar-refractivity contribution in [3.8, 4) is 11.3 Å². The first kappa shape index (κ1) is 8.63. The highest BCUT2D eigenvalue weighted by Crippen LogP contribution is 2.15. The van der Waals surface area contributed by atoms with Gasteiger partial charge in [-0.1, -0.05) is 30.3 Å². The van der Waals surface area contributed by atoms with E-state index < -0.39 is 0 Å². The van der Waals surface area contributed by atoms with E-state index in [4.69, 9.17) is 0 Å². The van der Waals surface area contributed by atoms with Gasteiger partial charge in [0.15, 0.2) is 0 Å². The van der Waals surface area contributed by atoms with Crippen LogP contribution in [-0.4, -0.2) is 11.3 Å². The Balaban J connectivity index is 2.39. The van der Waals surface area contributed by atoms with E-state index in [1.807, 2.05) is 36.4 Å². The third-order valence-corrected chi connectivity index (χ3v) is 1.95. The van der Waals surface area contributed by atoms with Gasteiger partial charge in [0.05, 0.1) is 5.69 Å². The van der Waals surface area contributed by atoms with Crippen LogP contribution < -0.4 is 0 Å². The lowest BCUT2D eigenvalue weighted by molar-refractivity contribution is 0.562. The van der Waals surface area contributed by atoms with Gasteiger partial charge in [-0.25, -0.2) is 0 Å². The largest absolute Gasteiger partial charge is 0.285 e. The average molecular weight is 182 g/mol. The smallest absolute Gasteiger partial charge is 0.235 e. The van der Waals surface area contributed by atoms with E-state index in [1.54, 1.807) is 12.4 Å². The Hall–Kier alpha value is -1.96. The molecule has 0 aliphatic carbocycles. The predicted octanol–water partition coefficient (Wildman–Crippen LogP) is 2.21. The second-order valence-corrected chi connectivity index (χ2v) is 2.90. The van der Waals surface area contributed by atoms with E-state index in [9.17, 15) is 4.79 Å². The van der Waals surface area contributed by atoms with E-state index in [0.29, 0.717) is 5.56 Å². The SMILES string of the molecule is O=[C]c1ccc(-c2ccccc2)nc1. The van der Waals surface area contributed by atoms with E-state index in [2.05, 4.69) is 4.98 Å². The average Bonchev–Trinajstić information content (AvgIpc) is 2.30. The van der Waals surface area contributed by atoms with Crippen LogP contribution in [0.5, 0.6) is 0 Å². The number of pyridine rings is 1. The lowest BCUT2D eigenvalue weighted by atomic mass is 10.1. The minimum absolute atomic E-state index is 0.477. The van der Waals surface area contributed by atoms with E-state index in [-0.39, 0.29) is 0 Å². The maximum Gasteiger partial charge on any atom is 0.235 e. The van der Waals surface area contributed by atoms with Gasteiger partial charge in [0.2, 0.25) is 6.29 Å². The molecule has 2 heteroatoms. The van der Waals surface area contributed by atoms with E-state index in [1.165, 1.54) is 6.20 Å². The summed E-state index contributed by atoms with van der Waals surface area (Å²) < 4.78 is 0. The highest BCUT2D eigenvalue weighted by atomic mass is 16.1. The maximum atomic E-state index is 10.3. The lowest BCUT2D eigenvalue weighted by Gasteiger charge is -1.99. The first-order valence-electron chi connectivity index (χ1n) is 4.30. The van der Waals surface area contributed by atoms with Crippen molar-refractivity contribution < 1.29 is 4.79 Å². The van der Waals surface area contributed by atoms with Crippen molar-refractivity contribution in [1.29, 1.82) is 0 Å². The molecule has 2 aromatic rings. The van der Waals surface area contributed by atoms with Crippen molar-refractivity contribution in [2.24, 2.45) is 0 Å². The first-order chi connectivity index (χ1) is 6.90. The Morgan fingerprint density at radius 1 is 1.00 bits per heavy atom. The summed E-state index contributed by atoms with van der Waals surface area (Å²) in [5, 5.41) is 0. The molecule has 0 atom stereocenters. The van der Waals surface area contributed by atoms with Crippen molar-refractivity contribution in [1.82, 2.24) is 4.98 Å². The van der Waals surface area contributed by atoms with Gasteiger partial charge in [0.25, 0.3) is 0 Å². The summed E-state index contributed by atoms with van der Waals surface area (Å²) in [6, 6.07) is 13.3. The van der Waals surface area contributed by atoms with Crippen LogP contribution >= 0.6 is 0 Å². The highest BCUT2D eigenvalue weighted by Gasteiger charge is 1.97. The zero-order chi connectivity index (χ0) is 9.80. The molecule has 0 aliphatic rings. The molecule has 0 saturated carbocycles. The number of benzene rings is 1. The zero-order valence-corrected chi connectivity index (χ0v) is 7.47. The molecule has 0 bridgehead atoms. The van der Waals surface area contributed by atoms with Gasteiger partial charge in [0, 0.05) is 17.3 Å². The molecule has 0 N–H and O–H groups in total. The summed E-state index contributed by atoms with van der Waals surface area (Å²) in [6.07, 6.45) is 3.32. The van der Waals surface area contributed by atoms with Gasteiger partial charge in [-0.2, -0.15) is 0 Å². The highest BCUT2D eigenvalue weighted by molar-refractivity contribution is 5.75. The Labute approximate surface area is 82.2 Å². The van der Waals surface area contributed by atoms with Crippen LogP contribution in [0, 0.1) is 0 Å². The number of rotatable bonds is 2. The molecule has 1 aromatic carbocycles. The summed E-state index contributed by atoms with van der Waals surface area (Å²) in [5.74, 6) is 0. The lowest BCUT2D eigenvalue weighted by Crippen LogP contribution is -1.85. The van der Waals surface area contributed by atoms with Gasteiger partial charge in [-0.15, -0.1) is 0 Å². The van der Waals surface area contributed by atoms with Gasteiger partial charge >= 0.3 is 0 Å². The minimum atomic E-state index is 0.477. The van der Waals surface area contributed by atoms with Gasteiger partial charge in [0.1, 0.15) is 0 Å². The molecule has 0 saturated heterocycles. The van der Waals surface area contributed by atoms with Crippen molar-refractivity contribution in [3.05, 3.63) is 54.2 Å². The topological polar surface area (TPSA) is 30.0 Å². The normalized spacial score (nSPS) is 9.71. The van der Waals surface area contributed by atoms with Gasteiger partial charge in [-0.3, -0.25) is 9.78 Å². The molecule has 0 spiro atoms. The van der Waals surface area contributed by atoms with Crippen LogP contribution in [0.3, 0.4) is 0 Å². The first-order valence-corrected chi connectivity index (χ1v) is 4.30. The van der Waals surface area contributed by atoms with Crippen LogP contribution in [0.2, 0.25) is 0 Å². The fourth-order valence-corrected chi connectivity index (χ4v) is 1.23. The monoisotopic (exact) mass is 182 g/mol. The van der Waals surface area contributed by atoms with Gasteiger partial charge < -0.3 is 0 Å². The van der Waals surface area contributed by atoms with E-state index >= 15 is 0 Å². The zero-order valence-electron chi connectivity index (χ0n) is 7.47. The number of carbonyl (C=O) groups excluding carboxylic acids is 1. The van der Waals surface area contributed by atoms with Crippen LogP contribution in [-0.2, 0) is 4.79 Å². The summed E-state index contributed by atoms with van der Waals surface area (Å²) in [7, 11) is 0. The molecule has 0 unspecified atom stereocenters. The van der Waals surface area contributed by atoms with E-state index in [0.717, 1.165) is 11.3 Å². The molecule has 67 valence electrons. The molecule has 2 nitrogen and oxygen atoms in total. The fraction of sp³-hybridized carbons (Fsp3) is 0. The molecule has 1 aromatic heterocycles. The van der Waals surface area contributed by atoms with Crippen molar-refractivity contribution >= 4 is 6.29 Å². The fourth-order valence-electron chi connectivity index (χ4n) is 1.23. The molecule has 1 radical (unpaired) electrons. The Bertz CT molecular complexity index is 420. The van der Waals surface area contributed by atoms with Gasteiger partial charge in [-0.05, 0) is 12.1 Å². The second kappa shape index (κ2) is 3.83. The Kier molecular flexibility index (Phi) is 2.36. The third kappa shape index (κ3) is 1.69. The quantitative estimate of drug-likeness (QED) is 0.712. The summed E-state index contributed by atoms with van der Waals surface area (Å²) in [6.45, 7) is 0. The Morgan fingerprint density at radius 2 is 1.79 bits per heavy atom. The molecule has 1 heterocycles. The van der Waals surface area contributed by atoms with Crippen molar-refractivity contribution in [3.63, 3.8) is 0 Å². The second-order valence-electron chi connectivity index (χ2n) is 2.90. The summed E-state index contributed by atoms with van der Waals surface area (Å²) in [4.78, 5) is 14.4. The molecule has 0 fully saturated rings. The minimum Gasteiger partial charge on any atom is -0.285 e. The Morgan fingerprint density at radius 3 is 2.36 bits per heavy atom. The van der Waals surface area contributed by atoms with Crippen LogP contribution in [0.1, 0.15) is 5.56 Å². The number of aromatic nitrogens is 1. The third-order valence-electron chi connectivity index (χ3n) is 1.95. The molecule has 0 amide bonds. The van der Waals surface area contributed by atoms with Crippen LogP contribution in [0.15, 0.2) is 48.7 Å².